The van der Waals surface area contributed by atoms with Gasteiger partial charge in [-0.3, -0.25) is 0 Å². The Morgan fingerprint density at radius 1 is 1.36 bits per heavy atom. The summed E-state index contributed by atoms with van der Waals surface area (Å²) in [5, 5.41) is 0.905. The van der Waals surface area contributed by atoms with Gasteiger partial charge in [-0.25, -0.2) is 0 Å². The molecule has 0 aliphatic heterocycles. The van der Waals surface area contributed by atoms with Crippen molar-refractivity contribution in [1.29, 1.82) is 0 Å². The molecular weight excluding hydrogens is 240 g/mol. The minimum atomic E-state index is 0.503. The topological polar surface area (TPSA) is 9.23 Å². The van der Waals surface area contributed by atoms with Crippen LogP contribution < -0.4 is 4.74 Å². The number of aryl methyl sites for hydroxylation is 1. The van der Waals surface area contributed by atoms with E-state index in [0.717, 1.165) is 11.1 Å². The van der Waals surface area contributed by atoms with Crippen molar-refractivity contribution in [1.82, 2.24) is 0 Å². The van der Waals surface area contributed by atoms with Gasteiger partial charge in [0.15, 0.2) is 0 Å². The Balaban J connectivity index is 3.25. The van der Waals surface area contributed by atoms with Gasteiger partial charge >= 0.3 is 0 Å². The average molecular weight is 257 g/mol. The van der Waals surface area contributed by atoms with Gasteiger partial charge in [-0.1, -0.05) is 35.8 Å². The van der Waals surface area contributed by atoms with Crippen LogP contribution in [0.4, 0.5) is 0 Å². The monoisotopic (exact) mass is 256 g/mol. The molecule has 0 fully saturated rings. The Morgan fingerprint density at radius 3 is 2.43 bits per heavy atom. The number of methoxy groups -OCH3 is 1. The van der Waals surface area contributed by atoms with Gasteiger partial charge in [0, 0.05) is 5.33 Å². The fraction of sp³-hybridized carbons (Fsp3) is 0.500. The third-order valence-electron chi connectivity index (χ3n) is 2.45. The van der Waals surface area contributed by atoms with Crippen LogP contribution in [0.15, 0.2) is 12.1 Å². The van der Waals surface area contributed by atoms with Crippen LogP contribution in [0.5, 0.6) is 5.75 Å². The van der Waals surface area contributed by atoms with E-state index in [-0.39, 0.29) is 0 Å². The van der Waals surface area contributed by atoms with Crippen molar-refractivity contribution in [3.05, 3.63) is 28.8 Å². The number of benzene rings is 1. The van der Waals surface area contributed by atoms with Crippen molar-refractivity contribution in [2.45, 2.75) is 32.0 Å². The summed E-state index contributed by atoms with van der Waals surface area (Å²) in [5.41, 5.74) is 3.91. The van der Waals surface area contributed by atoms with Gasteiger partial charge in [-0.15, -0.1) is 0 Å². The lowest BCUT2D eigenvalue weighted by atomic mass is 9.97. The van der Waals surface area contributed by atoms with Gasteiger partial charge in [0.2, 0.25) is 0 Å². The second-order valence-corrected chi connectivity index (χ2v) is 4.37. The molecule has 0 radical (unpaired) electrons. The van der Waals surface area contributed by atoms with E-state index in [0.29, 0.717) is 5.92 Å². The molecule has 0 amide bonds. The summed E-state index contributed by atoms with van der Waals surface area (Å²) in [6.07, 6.45) is 0. The fourth-order valence-corrected chi connectivity index (χ4v) is 2.12. The van der Waals surface area contributed by atoms with E-state index in [2.05, 4.69) is 48.8 Å². The number of hydrogen-bond donors (Lipinski definition) is 0. The summed E-state index contributed by atoms with van der Waals surface area (Å²) in [4.78, 5) is 0. The van der Waals surface area contributed by atoms with Crippen LogP contribution in [-0.4, -0.2) is 7.11 Å². The maximum absolute atomic E-state index is 5.37. The molecule has 0 aromatic heterocycles. The second-order valence-electron chi connectivity index (χ2n) is 3.81. The zero-order valence-corrected chi connectivity index (χ0v) is 10.8. The molecule has 0 aliphatic rings. The summed E-state index contributed by atoms with van der Waals surface area (Å²) >= 11 is 3.50. The third-order valence-corrected chi connectivity index (χ3v) is 3.06. The summed E-state index contributed by atoms with van der Waals surface area (Å²) in [5.74, 6) is 1.51. The zero-order valence-electron chi connectivity index (χ0n) is 9.23. The zero-order chi connectivity index (χ0) is 10.7. The molecule has 14 heavy (non-hydrogen) atoms. The number of rotatable bonds is 3. The summed E-state index contributed by atoms with van der Waals surface area (Å²) in [6.45, 7) is 6.49. The Kier molecular flexibility index (Phi) is 3.99. The van der Waals surface area contributed by atoms with Crippen LogP contribution in [0, 0.1) is 6.92 Å². The first kappa shape index (κ1) is 11.6. The van der Waals surface area contributed by atoms with Crippen LogP contribution >= 0.6 is 15.9 Å². The first-order valence-electron chi connectivity index (χ1n) is 4.83. The van der Waals surface area contributed by atoms with Crippen molar-refractivity contribution in [2.24, 2.45) is 0 Å². The van der Waals surface area contributed by atoms with E-state index in [1.165, 1.54) is 16.7 Å². The number of ether oxygens (including phenoxy) is 1. The Labute approximate surface area is 94.6 Å². The van der Waals surface area contributed by atoms with Crippen molar-refractivity contribution in [3.63, 3.8) is 0 Å². The Bertz CT molecular complexity index is 318. The van der Waals surface area contributed by atoms with Gasteiger partial charge in [0.1, 0.15) is 5.75 Å². The molecule has 0 atom stereocenters. The van der Waals surface area contributed by atoms with Crippen molar-refractivity contribution >= 4 is 15.9 Å². The summed E-state index contributed by atoms with van der Waals surface area (Å²) in [6, 6.07) is 4.35. The lowest BCUT2D eigenvalue weighted by molar-refractivity contribution is 0.407. The SMILES string of the molecule is COc1cc(C)c(CBr)cc1C(C)C. The third kappa shape index (κ3) is 2.30. The maximum atomic E-state index is 5.37. The highest BCUT2D eigenvalue weighted by Crippen LogP contribution is 2.30. The minimum absolute atomic E-state index is 0.503. The van der Waals surface area contributed by atoms with Crippen LogP contribution in [0.3, 0.4) is 0 Å². The lowest BCUT2D eigenvalue weighted by Crippen LogP contribution is -1.97. The van der Waals surface area contributed by atoms with Crippen LogP contribution in [0.2, 0.25) is 0 Å². The van der Waals surface area contributed by atoms with Crippen LogP contribution in [0.1, 0.15) is 36.5 Å². The normalized spacial score (nSPS) is 10.7. The van der Waals surface area contributed by atoms with Gasteiger partial charge in [0.25, 0.3) is 0 Å². The molecule has 0 aliphatic carbocycles. The molecule has 1 aromatic rings. The molecule has 0 N–H and O–H groups in total. The first-order valence-corrected chi connectivity index (χ1v) is 5.95. The molecule has 0 saturated heterocycles. The molecule has 0 heterocycles. The number of halogens is 1. The molecule has 1 nitrogen and oxygen atoms in total. The molecular formula is C12H17BrO. The highest BCUT2D eigenvalue weighted by Gasteiger charge is 2.10. The fourth-order valence-electron chi connectivity index (χ4n) is 1.52. The smallest absolute Gasteiger partial charge is 0.122 e. The van der Waals surface area contributed by atoms with Crippen molar-refractivity contribution in [2.75, 3.05) is 7.11 Å². The van der Waals surface area contributed by atoms with E-state index >= 15 is 0 Å². The van der Waals surface area contributed by atoms with E-state index in [1.807, 2.05) is 0 Å². The van der Waals surface area contributed by atoms with Crippen LogP contribution in [0.25, 0.3) is 0 Å². The predicted molar refractivity (Wildman–Crippen MR) is 64.5 cm³/mol. The quantitative estimate of drug-likeness (QED) is 0.743. The average Bonchev–Trinajstić information content (AvgIpc) is 2.16. The highest BCUT2D eigenvalue weighted by molar-refractivity contribution is 9.08. The highest BCUT2D eigenvalue weighted by atomic mass is 79.9. The maximum Gasteiger partial charge on any atom is 0.122 e. The standard InChI is InChI=1S/C12H17BrO/c1-8(2)11-6-10(7-13)9(3)5-12(11)14-4/h5-6,8H,7H2,1-4H3. The Hall–Kier alpha value is -0.500. The van der Waals surface area contributed by atoms with Gasteiger partial charge < -0.3 is 4.74 Å². The molecule has 1 rings (SSSR count). The van der Waals surface area contributed by atoms with Gasteiger partial charge in [-0.05, 0) is 35.6 Å². The van der Waals surface area contributed by atoms with E-state index in [4.69, 9.17) is 4.74 Å². The summed E-state index contributed by atoms with van der Waals surface area (Å²) in [7, 11) is 1.73. The van der Waals surface area contributed by atoms with Gasteiger partial charge in [-0.2, -0.15) is 0 Å². The van der Waals surface area contributed by atoms with Crippen LogP contribution in [-0.2, 0) is 5.33 Å². The molecule has 0 saturated carbocycles. The molecule has 1 aromatic carbocycles. The largest absolute Gasteiger partial charge is 0.496 e. The Morgan fingerprint density at radius 2 is 2.00 bits per heavy atom. The number of hydrogen-bond acceptors (Lipinski definition) is 1. The van der Waals surface area contributed by atoms with Gasteiger partial charge in [0.05, 0.1) is 7.11 Å². The van der Waals surface area contributed by atoms with E-state index in [9.17, 15) is 0 Å². The second kappa shape index (κ2) is 4.83. The molecule has 0 unspecified atom stereocenters. The first-order chi connectivity index (χ1) is 6.60. The summed E-state index contributed by atoms with van der Waals surface area (Å²) < 4.78 is 5.37. The van der Waals surface area contributed by atoms with Crippen molar-refractivity contribution < 1.29 is 4.74 Å². The van der Waals surface area contributed by atoms with Crippen molar-refractivity contribution in [3.8, 4) is 5.75 Å². The molecule has 2 heteroatoms. The molecule has 78 valence electrons. The number of alkyl halides is 1. The minimum Gasteiger partial charge on any atom is -0.496 e. The van der Waals surface area contributed by atoms with E-state index in [1.54, 1.807) is 7.11 Å². The van der Waals surface area contributed by atoms with E-state index < -0.39 is 0 Å². The lowest BCUT2D eigenvalue weighted by Gasteiger charge is -2.14. The molecule has 0 bridgehead atoms. The molecule has 0 spiro atoms. The predicted octanol–water partition coefficient (Wildman–Crippen LogP) is 4.02.